The first-order valence-corrected chi connectivity index (χ1v) is 5.67. The third kappa shape index (κ3) is 3.87. The van der Waals surface area contributed by atoms with Crippen LogP contribution in [0.15, 0.2) is 46.6 Å². The van der Waals surface area contributed by atoms with Crippen molar-refractivity contribution in [2.24, 2.45) is 15.9 Å². The lowest BCUT2D eigenvalue weighted by atomic mass is 10.1. The summed E-state index contributed by atoms with van der Waals surface area (Å²) in [7, 11) is 0. The Kier molecular flexibility index (Phi) is 4.64. The Balaban J connectivity index is 2.86. The van der Waals surface area contributed by atoms with Crippen LogP contribution < -0.4 is 5.73 Å². The monoisotopic (exact) mass is 229 g/mol. The van der Waals surface area contributed by atoms with Gasteiger partial charge in [-0.15, -0.1) is 5.10 Å². The zero-order valence-electron chi connectivity index (χ0n) is 10.7. The summed E-state index contributed by atoms with van der Waals surface area (Å²) in [5.74, 6) is 0.424. The van der Waals surface area contributed by atoms with Crippen LogP contribution in [0.3, 0.4) is 0 Å². The second kappa shape index (κ2) is 5.99. The molecule has 90 valence electrons. The van der Waals surface area contributed by atoms with Gasteiger partial charge in [-0.1, -0.05) is 43.3 Å². The molecule has 0 saturated carbocycles. The molecule has 1 rings (SSSR count). The Morgan fingerprint density at radius 2 is 1.82 bits per heavy atom. The molecular formula is C14H19N3. The van der Waals surface area contributed by atoms with Crippen LogP contribution in [0.1, 0.15) is 31.4 Å². The molecule has 1 aromatic carbocycles. The van der Waals surface area contributed by atoms with Gasteiger partial charge in [0.15, 0.2) is 5.84 Å². The molecule has 2 N–H and O–H groups in total. The van der Waals surface area contributed by atoms with Gasteiger partial charge in [0, 0.05) is 5.56 Å². The van der Waals surface area contributed by atoms with Crippen molar-refractivity contribution in [1.29, 1.82) is 0 Å². The van der Waals surface area contributed by atoms with Crippen LogP contribution >= 0.6 is 0 Å². The highest BCUT2D eigenvalue weighted by molar-refractivity contribution is 6.00. The lowest BCUT2D eigenvalue weighted by Gasteiger charge is -2.01. The van der Waals surface area contributed by atoms with Crippen LogP contribution in [-0.4, -0.2) is 11.5 Å². The van der Waals surface area contributed by atoms with Crippen molar-refractivity contribution in [2.75, 3.05) is 0 Å². The van der Waals surface area contributed by atoms with Crippen LogP contribution in [0.25, 0.3) is 0 Å². The summed E-state index contributed by atoms with van der Waals surface area (Å²) in [4.78, 5) is 0. The van der Waals surface area contributed by atoms with E-state index in [1.165, 1.54) is 5.56 Å². The fourth-order valence-corrected chi connectivity index (χ4v) is 1.24. The molecular weight excluding hydrogens is 210 g/mol. The van der Waals surface area contributed by atoms with E-state index in [2.05, 4.69) is 16.8 Å². The van der Waals surface area contributed by atoms with Crippen LogP contribution in [0.4, 0.5) is 0 Å². The van der Waals surface area contributed by atoms with Gasteiger partial charge in [-0.3, -0.25) is 0 Å². The van der Waals surface area contributed by atoms with Crippen LogP contribution in [0, 0.1) is 6.92 Å². The molecule has 0 atom stereocenters. The van der Waals surface area contributed by atoms with E-state index in [1.54, 1.807) is 0 Å². The van der Waals surface area contributed by atoms with Crippen molar-refractivity contribution in [3.63, 3.8) is 0 Å². The lowest BCUT2D eigenvalue weighted by Crippen LogP contribution is -2.12. The Hall–Kier alpha value is -1.90. The Bertz CT molecular complexity index is 453. The number of rotatable bonds is 4. The van der Waals surface area contributed by atoms with Gasteiger partial charge in [0.1, 0.15) is 0 Å². The molecule has 0 aliphatic rings. The summed E-state index contributed by atoms with van der Waals surface area (Å²) in [6.07, 6.45) is 0.870. The second-order valence-electron chi connectivity index (χ2n) is 3.99. The van der Waals surface area contributed by atoms with Gasteiger partial charge in [-0.2, -0.15) is 5.10 Å². The van der Waals surface area contributed by atoms with Crippen molar-refractivity contribution < 1.29 is 0 Å². The molecule has 0 saturated heterocycles. The predicted octanol–water partition coefficient (Wildman–Crippen LogP) is 3.04. The lowest BCUT2D eigenvalue weighted by molar-refractivity contribution is 1.14. The first kappa shape index (κ1) is 13.2. The standard InChI is InChI=1S/C14H19N3/c1-5-11(3)12(4)16-17-14(15)13-8-6-10(2)7-9-13/h6-9H,3,5H2,1-2,4H3,(H2,15,17)/b16-12-. The largest absolute Gasteiger partial charge is 0.382 e. The van der Waals surface area contributed by atoms with Gasteiger partial charge in [0.25, 0.3) is 0 Å². The van der Waals surface area contributed by atoms with E-state index < -0.39 is 0 Å². The number of hydrogen-bond donors (Lipinski definition) is 1. The maximum Gasteiger partial charge on any atom is 0.153 e. The number of benzene rings is 1. The summed E-state index contributed by atoms with van der Waals surface area (Å²) in [6.45, 7) is 9.85. The smallest absolute Gasteiger partial charge is 0.153 e. The third-order valence-electron chi connectivity index (χ3n) is 2.59. The number of nitrogens with two attached hydrogens (primary N) is 1. The first-order chi connectivity index (χ1) is 8.04. The van der Waals surface area contributed by atoms with Gasteiger partial charge in [-0.05, 0) is 25.8 Å². The van der Waals surface area contributed by atoms with E-state index in [-0.39, 0.29) is 0 Å². The number of aryl methyl sites for hydroxylation is 1. The molecule has 0 fully saturated rings. The molecule has 0 heterocycles. The fraction of sp³-hybridized carbons (Fsp3) is 0.286. The van der Waals surface area contributed by atoms with Gasteiger partial charge >= 0.3 is 0 Å². The first-order valence-electron chi connectivity index (χ1n) is 5.67. The van der Waals surface area contributed by atoms with Gasteiger partial charge in [0.05, 0.1) is 5.71 Å². The Morgan fingerprint density at radius 1 is 1.24 bits per heavy atom. The summed E-state index contributed by atoms with van der Waals surface area (Å²) in [5.41, 5.74) is 9.73. The molecule has 1 aromatic rings. The summed E-state index contributed by atoms with van der Waals surface area (Å²) in [6, 6.07) is 7.87. The third-order valence-corrected chi connectivity index (χ3v) is 2.59. The molecule has 0 aliphatic heterocycles. The second-order valence-corrected chi connectivity index (χ2v) is 3.99. The van der Waals surface area contributed by atoms with Crippen LogP contribution in [-0.2, 0) is 0 Å². The highest BCUT2D eigenvalue weighted by Gasteiger charge is 1.98. The maximum absolute atomic E-state index is 5.85. The van der Waals surface area contributed by atoms with Gasteiger partial charge < -0.3 is 5.73 Å². The molecule has 0 spiro atoms. The zero-order valence-corrected chi connectivity index (χ0v) is 10.7. The van der Waals surface area contributed by atoms with Crippen molar-refractivity contribution >= 4 is 11.5 Å². The molecule has 0 aromatic heterocycles. The average Bonchev–Trinajstić information content (AvgIpc) is 2.35. The van der Waals surface area contributed by atoms with Gasteiger partial charge in [0.2, 0.25) is 0 Å². The quantitative estimate of drug-likeness (QED) is 0.481. The molecule has 0 bridgehead atoms. The van der Waals surface area contributed by atoms with Crippen molar-refractivity contribution in [2.45, 2.75) is 27.2 Å². The minimum Gasteiger partial charge on any atom is -0.382 e. The van der Waals surface area contributed by atoms with Crippen molar-refractivity contribution in [3.05, 3.63) is 47.5 Å². The van der Waals surface area contributed by atoms with E-state index in [1.807, 2.05) is 45.0 Å². The molecule has 0 unspecified atom stereocenters. The average molecular weight is 229 g/mol. The van der Waals surface area contributed by atoms with Crippen LogP contribution in [0.5, 0.6) is 0 Å². The van der Waals surface area contributed by atoms with Gasteiger partial charge in [-0.25, -0.2) is 0 Å². The highest BCUT2D eigenvalue weighted by atomic mass is 15.2. The molecule has 0 aliphatic carbocycles. The summed E-state index contributed by atoms with van der Waals surface area (Å²) < 4.78 is 0. The maximum atomic E-state index is 5.85. The van der Waals surface area contributed by atoms with E-state index in [0.29, 0.717) is 5.84 Å². The van der Waals surface area contributed by atoms with E-state index in [9.17, 15) is 0 Å². The Morgan fingerprint density at radius 3 is 2.35 bits per heavy atom. The minimum atomic E-state index is 0.424. The molecule has 0 radical (unpaired) electrons. The predicted molar refractivity (Wildman–Crippen MR) is 74.4 cm³/mol. The topological polar surface area (TPSA) is 50.7 Å². The molecule has 17 heavy (non-hydrogen) atoms. The van der Waals surface area contributed by atoms with Crippen molar-refractivity contribution in [1.82, 2.24) is 0 Å². The molecule has 3 nitrogen and oxygen atoms in total. The summed E-state index contributed by atoms with van der Waals surface area (Å²) >= 11 is 0. The number of nitrogens with zero attached hydrogens (tertiary/aromatic N) is 2. The minimum absolute atomic E-state index is 0.424. The Labute approximate surface area is 103 Å². The number of hydrogen-bond acceptors (Lipinski definition) is 2. The number of allylic oxidation sites excluding steroid dienone is 1. The van der Waals surface area contributed by atoms with Crippen LogP contribution in [0.2, 0.25) is 0 Å². The van der Waals surface area contributed by atoms with Crippen molar-refractivity contribution in [3.8, 4) is 0 Å². The van der Waals surface area contributed by atoms with E-state index >= 15 is 0 Å². The normalized spacial score (nSPS) is 12.6. The fourth-order valence-electron chi connectivity index (χ4n) is 1.24. The SMILES string of the molecule is C=C(CC)/C(C)=N\N=C(/N)c1ccc(C)cc1. The highest BCUT2D eigenvalue weighted by Crippen LogP contribution is 2.04. The van der Waals surface area contributed by atoms with E-state index in [4.69, 9.17) is 5.73 Å². The summed E-state index contributed by atoms with van der Waals surface area (Å²) in [5, 5.41) is 8.09. The molecule has 0 amide bonds. The van der Waals surface area contributed by atoms with E-state index in [0.717, 1.165) is 23.3 Å². The zero-order chi connectivity index (χ0) is 12.8. The number of amidine groups is 1. The molecule has 3 heteroatoms.